The van der Waals surface area contributed by atoms with Crippen LogP contribution in [0.1, 0.15) is 26.2 Å². The van der Waals surface area contributed by atoms with Gasteiger partial charge >= 0.3 is 0 Å². The number of hydrogen-bond acceptors (Lipinski definition) is 4. The molecule has 1 aliphatic carbocycles. The first-order valence-electron chi connectivity index (χ1n) is 6.78. The topological polar surface area (TPSA) is 62.6 Å². The van der Waals surface area contributed by atoms with Gasteiger partial charge in [-0.2, -0.15) is 5.26 Å². The molecule has 0 unspecified atom stereocenters. The predicted octanol–water partition coefficient (Wildman–Crippen LogP) is 1.44. The first-order valence-corrected chi connectivity index (χ1v) is 6.78. The van der Waals surface area contributed by atoms with Crippen molar-refractivity contribution in [1.82, 2.24) is 4.90 Å². The van der Waals surface area contributed by atoms with E-state index in [0.29, 0.717) is 45.1 Å². The Labute approximate surface area is 115 Å². The summed E-state index contributed by atoms with van der Waals surface area (Å²) in [5, 5.41) is 9.32. The van der Waals surface area contributed by atoms with Gasteiger partial charge in [0.25, 0.3) is 0 Å². The molecule has 0 spiro atoms. The largest absolute Gasteiger partial charge is 0.385 e. The fraction of sp³-hybridized carbons (Fsp3) is 0.857. The molecular weight excluding hydrogens is 244 g/mol. The molecule has 0 N–H and O–H groups in total. The average molecular weight is 268 g/mol. The summed E-state index contributed by atoms with van der Waals surface area (Å²) in [4.78, 5) is 14.3. The van der Waals surface area contributed by atoms with Crippen LogP contribution in [0.4, 0.5) is 0 Å². The van der Waals surface area contributed by atoms with E-state index in [2.05, 4.69) is 13.0 Å². The predicted molar refractivity (Wildman–Crippen MR) is 71.4 cm³/mol. The monoisotopic (exact) mass is 268 g/mol. The van der Waals surface area contributed by atoms with Crippen LogP contribution < -0.4 is 0 Å². The molecule has 0 aromatic carbocycles. The summed E-state index contributed by atoms with van der Waals surface area (Å²) in [6.07, 6.45) is 2.13. The highest BCUT2D eigenvalue weighted by molar-refractivity contribution is 5.86. The third-order valence-electron chi connectivity index (χ3n) is 3.65. The highest BCUT2D eigenvalue weighted by Gasteiger charge is 2.50. The van der Waals surface area contributed by atoms with Crippen molar-refractivity contribution in [1.29, 1.82) is 5.26 Å². The number of amides is 1. The Morgan fingerprint density at radius 3 is 2.42 bits per heavy atom. The quantitative estimate of drug-likeness (QED) is 0.625. The van der Waals surface area contributed by atoms with E-state index in [0.717, 1.165) is 6.42 Å². The van der Waals surface area contributed by atoms with E-state index >= 15 is 0 Å². The van der Waals surface area contributed by atoms with Crippen LogP contribution >= 0.6 is 0 Å². The molecule has 108 valence electrons. The summed E-state index contributed by atoms with van der Waals surface area (Å²) in [5.41, 5.74) is -0.791. The minimum Gasteiger partial charge on any atom is -0.385 e. The van der Waals surface area contributed by atoms with Crippen molar-refractivity contribution in [3.8, 4) is 6.07 Å². The molecule has 1 amide bonds. The van der Waals surface area contributed by atoms with Crippen molar-refractivity contribution in [2.45, 2.75) is 26.2 Å². The third-order valence-corrected chi connectivity index (χ3v) is 3.65. The van der Waals surface area contributed by atoms with Gasteiger partial charge in [0.2, 0.25) is 5.91 Å². The highest BCUT2D eigenvalue weighted by Crippen LogP contribution is 2.46. The first-order chi connectivity index (χ1) is 9.09. The van der Waals surface area contributed by atoms with Crippen molar-refractivity contribution in [2.24, 2.45) is 11.3 Å². The summed E-state index contributed by atoms with van der Waals surface area (Å²) < 4.78 is 10.1. The molecular formula is C14H24N2O3. The number of methoxy groups -OCH3 is 2. The molecule has 0 aromatic heterocycles. The minimum absolute atomic E-state index is 0.0405. The van der Waals surface area contributed by atoms with Crippen molar-refractivity contribution < 1.29 is 14.3 Å². The van der Waals surface area contributed by atoms with Crippen LogP contribution in [0.15, 0.2) is 0 Å². The number of hydrogen-bond donors (Lipinski definition) is 0. The second-order valence-electron chi connectivity index (χ2n) is 5.34. The Kier molecular flexibility index (Phi) is 6.26. The summed E-state index contributed by atoms with van der Waals surface area (Å²) in [5.74, 6) is 0.424. The Hall–Kier alpha value is -1.12. The molecule has 1 saturated carbocycles. The highest BCUT2D eigenvalue weighted by atomic mass is 16.5. The van der Waals surface area contributed by atoms with Gasteiger partial charge in [-0.15, -0.1) is 0 Å². The van der Waals surface area contributed by atoms with Crippen LogP contribution in [-0.2, 0) is 14.3 Å². The van der Waals surface area contributed by atoms with Crippen molar-refractivity contribution in [3.63, 3.8) is 0 Å². The molecule has 0 bridgehead atoms. The van der Waals surface area contributed by atoms with E-state index in [-0.39, 0.29) is 5.91 Å². The lowest BCUT2D eigenvalue weighted by Gasteiger charge is -2.42. The summed E-state index contributed by atoms with van der Waals surface area (Å²) in [6, 6.07) is 2.23. The molecule has 1 fully saturated rings. The summed E-state index contributed by atoms with van der Waals surface area (Å²) >= 11 is 0. The zero-order valence-electron chi connectivity index (χ0n) is 12.1. The van der Waals surface area contributed by atoms with E-state index < -0.39 is 5.41 Å². The van der Waals surface area contributed by atoms with Gasteiger partial charge in [0.15, 0.2) is 0 Å². The van der Waals surface area contributed by atoms with Crippen molar-refractivity contribution >= 4 is 5.91 Å². The normalized spacial score (nSPS) is 25.5. The van der Waals surface area contributed by atoms with E-state index in [9.17, 15) is 10.1 Å². The zero-order valence-corrected chi connectivity index (χ0v) is 12.1. The molecule has 0 heterocycles. The molecule has 0 saturated heterocycles. The van der Waals surface area contributed by atoms with E-state index in [1.165, 1.54) is 0 Å². The third kappa shape index (κ3) is 3.92. The van der Waals surface area contributed by atoms with Crippen molar-refractivity contribution in [2.75, 3.05) is 40.5 Å². The molecule has 1 rings (SSSR count). The second-order valence-corrected chi connectivity index (χ2v) is 5.34. The van der Waals surface area contributed by atoms with Crippen LogP contribution in [0.3, 0.4) is 0 Å². The van der Waals surface area contributed by atoms with Crippen LogP contribution in [0.5, 0.6) is 0 Å². The zero-order chi connectivity index (χ0) is 14.3. The van der Waals surface area contributed by atoms with E-state index in [4.69, 9.17) is 9.47 Å². The standard InChI is InChI=1S/C14H24N2O3/c1-12-9-14(10-12,11-15)13(17)16(6-8-19-3)5-4-7-18-2/h12H,4-10H2,1-3H3. The number of rotatable bonds is 8. The van der Waals surface area contributed by atoms with Crippen molar-refractivity contribution in [3.05, 3.63) is 0 Å². The number of ether oxygens (including phenoxy) is 2. The Morgan fingerprint density at radius 2 is 1.95 bits per heavy atom. The Morgan fingerprint density at radius 1 is 1.32 bits per heavy atom. The van der Waals surface area contributed by atoms with Gasteiger partial charge in [-0.05, 0) is 25.2 Å². The fourth-order valence-corrected chi connectivity index (χ4v) is 2.66. The van der Waals surface area contributed by atoms with E-state index in [1.807, 2.05) is 0 Å². The minimum atomic E-state index is -0.791. The molecule has 0 radical (unpaired) electrons. The Balaban J connectivity index is 2.62. The van der Waals surface area contributed by atoms with Gasteiger partial charge in [-0.1, -0.05) is 6.92 Å². The van der Waals surface area contributed by atoms with Gasteiger partial charge in [0, 0.05) is 33.9 Å². The molecule has 5 nitrogen and oxygen atoms in total. The maximum Gasteiger partial charge on any atom is 0.243 e. The number of carbonyl (C=O) groups is 1. The SMILES string of the molecule is COCCCN(CCOC)C(=O)C1(C#N)CC(C)C1. The van der Waals surface area contributed by atoms with E-state index in [1.54, 1.807) is 19.1 Å². The lowest BCUT2D eigenvalue weighted by atomic mass is 9.62. The van der Waals surface area contributed by atoms with Gasteiger partial charge in [0.1, 0.15) is 5.41 Å². The van der Waals surface area contributed by atoms with Gasteiger partial charge in [-0.25, -0.2) is 0 Å². The van der Waals surface area contributed by atoms with Crippen LogP contribution in [0.2, 0.25) is 0 Å². The maximum absolute atomic E-state index is 12.5. The first kappa shape index (κ1) is 15.9. The van der Waals surface area contributed by atoms with Crippen LogP contribution in [-0.4, -0.2) is 51.3 Å². The molecule has 0 aromatic rings. The second kappa shape index (κ2) is 7.46. The lowest BCUT2D eigenvalue weighted by Crippen LogP contribution is -2.51. The Bertz CT molecular complexity index is 332. The molecule has 0 aliphatic heterocycles. The van der Waals surface area contributed by atoms with Gasteiger partial charge < -0.3 is 14.4 Å². The molecule has 0 atom stereocenters. The lowest BCUT2D eigenvalue weighted by molar-refractivity contribution is -0.146. The molecule has 5 heteroatoms. The number of carbonyl (C=O) groups excluding carboxylic acids is 1. The van der Waals surface area contributed by atoms with Crippen LogP contribution in [0.25, 0.3) is 0 Å². The summed E-state index contributed by atoms with van der Waals surface area (Å²) in [6.45, 7) is 4.35. The van der Waals surface area contributed by atoms with Crippen LogP contribution in [0, 0.1) is 22.7 Å². The smallest absolute Gasteiger partial charge is 0.243 e. The number of nitrogens with zero attached hydrogens (tertiary/aromatic N) is 2. The summed E-state index contributed by atoms with van der Waals surface area (Å²) in [7, 11) is 3.26. The fourth-order valence-electron chi connectivity index (χ4n) is 2.66. The average Bonchev–Trinajstić information content (AvgIpc) is 2.38. The maximum atomic E-state index is 12.5. The molecule has 1 aliphatic rings. The van der Waals surface area contributed by atoms with Gasteiger partial charge in [-0.3, -0.25) is 4.79 Å². The van der Waals surface area contributed by atoms with Gasteiger partial charge in [0.05, 0.1) is 12.7 Å². The number of nitriles is 1. The molecule has 19 heavy (non-hydrogen) atoms.